The molecule has 1 aliphatic rings. The standard InChI is InChI=1S/C10H20N2O2.ClH/c1-7(2)9(11)10(13)12-8-4-3-5-14-6-8;/h7-9H,3-6,11H2,1-2H3,(H,12,13);1H/t8?,9-;/m0./s1. The van der Waals surface area contributed by atoms with Gasteiger partial charge in [-0.05, 0) is 18.8 Å². The molecule has 1 heterocycles. The molecule has 0 saturated carbocycles. The molecular weight excluding hydrogens is 216 g/mol. The normalized spacial score (nSPS) is 23.1. The van der Waals surface area contributed by atoms with Gasteiger partial charge in [0.15, 0.2) is 0 Å². The van der Waals surface area contributed by atoms with Crippen molar-refractivity contribution in [3.8, 4) is 0 Å². The van der Waals surface area contributed by atoms with Gasteiger partial charge in [0.2, 0.25) is 5.91 Å². The fourth-order valence-electron chi connectivity index (χ4n) is 1.45. The van der Waals surface area contributed by atoms with Crippen molar-refractivity contribution in [2.75, 3.05) is 13.2 Å². The highest BCUT2D eigenvalue weighted by Crippen LogP contribution is 2.06. The minimum Gasteiger partial charge on any atom is -0.379 e. The van der Waals surface area contributed by atoms with Gasteiger partial charge in [-0.2, -0.15) is 0 Å². The summed E-state index contributed by atoms with van der Waals surface area (Å²) in [5, 5.41) is 2.91. The van der Waals surface area contributed by atoms with Gasteiger partial charge in [-0.15, -0.1) is 12.4 Å². The number of carbonyl (C=O) groups excluding carboxylic acids is 1. The van der Waals surface area contributed by atoms with Crippen molar-refractivity contribution in [1.82, 2.24) is 5.32 Å². The Morgan fingerprint density at radius 1 is 1.53 bits per heavy atom. The predicted octanol–water partition coefficient (Wildman–Crippen LogP) is 0.687. The first-order chi connectivity index (χ1) is 6.61. The second-order valence-electron chi connectivity index (χ2n) is 4.19. The van der Waals surface area contributed by atoms with Crippen LogP contribution in [0.25, 0.3) is 0 Å². The number of ether oxygens (including phenoxy) is 1. The van der Waals surface area contributed by atoms with Crippen molar-refractivity contribution in [3.05, 3.63) is 0 Å². The van der Waals surface area contributed by atoms with E-state index in [9.17, 15) is 4.79 Å². The summed E-state index contributed by atoms with van der Waals surface area (Å²) in [6, 6.07) is -0.252. The Morgan fingerprint density at radius 2 is 2.20 bits per heavy atom. The van der Waals surface area contributed by atoms with Crippen molar-refractivity contribution in [1.29, 1.82) is 0 Å². The summed E-state index contributed by atoms with van der Waals surface area (Å²) in [5.74, 6) is 0.120. The number of nitrogens with one attached hydrogen (secondary N) is 1. The molecule has 1 saturated heterocycles. The molecule has 4 nitrogen and oxygen atoms in total. The third-order valence-corrected chi connectivity index (χ3v) is 2.53. The number of hydrogen-bond acceptors (Lipinski definition) is 3. The van der Waals surface area contributed by atoms with E-state index in [1.54, 1.807) is 0 Å². The van der Waals surface area contributed by atoms with Crippen LogP contribution in [0.1, 0.15) is 26.7 Å². The number of rotatable bonds is 3. The van der Waals surface area contributed by atoms with Gasteiger partial charge in [0, 0.05) is 6.61 Å². The van der Waals surface area contributed by atoms with Crippen LogP contribution < -0.4 is 11.1 Å². The number of amides is 1. The van der Waals surface area contributed by atoms with Gasteiger partial charge in [0.1, 0.15) is 0 Å². The molecule has 1 aliphatic heterocycles. The quantitative estimate of drug-likeness (QED) is 0.758. The first kappa shape index (κ1) is 14.7. The highest BCUT2D eigenvalue weighted by atomic mass is 35.5. The van der Waals surface area contributed by atoms with E-state index in [4.69, 9.17) is 10.5 Å². The van der Waals surface area contributed by atoms with Gasteiger partial charge in [-0.25, -0.2) is 0 Å². The van der Waals surface area contributed by atoms with Crippen molar-refractivity contribution in [2.24, 2.45) is 11.7 Å². The molecule has 3 N–H and O–H groups in total. The summed E-state index contributed by atoms with van der Waals surface area (Å²) in [7, 11) is 0. The van der Waals surface area contributed by atoms with Crippen LogP contribution in [0.2, 0.25) is 0 Å². The molecule has 1 fully saturated rings. The lowest BCUT2D eigenvalue weighted by Gasteiger charge is -2.25. The summed E-state index contributed by atoms with van der Waals surface area (Å²) in [4.78, 5) is 11.6. The topological polar surface area (TPSA) is 64.4 Å². The maximum absolute atomic E-state index is 11.6. The molecule has 0 aliphatic carbocycles. The van der Waals surface area contributed by atoms with Crippen LogP contribution in [-0.4, -0.2) is 31.2 Å². The molecule has 2 atom stereocenters. The van der Waals surface area contributed by atoms with Gasteiger partial charge < -0.3 is 15.8 Å². The maximum Gasteiger partial charge on any atom is 0.237 e. The molecule has 0 aromatic rings. The number of halogens is 1. The van der Waals surface area contributed by atoms with Gasteiger partial charge in [0.05, 0.1) is 18.7 Å². The van der Waals surface area contributed by atoms with E-state index in [0.29, 0.717) is 6.61 Å². The molecule has 5 heteroatoms. The van der Waals surface area contributed by atoms with E-state index < -0.39 is 6.04 Å². The van der Waals surface area contributed by atoms with E-state index in [1.165, 1.54) is 0 Å². The van der Waals surface area contributed by atoms with Gasteiger partial charge in [0.25, 0.3) is 0 Å². The number of carbonyl (C=O) groups is 1. The maximum atomic E-state index is 11.6. The minimum absolute atomic E-state index is 0. The van der Waals surface area contributed by atoms with Crippen LogP contribution in [-0.2, 0) is 9.53 Å². The van der Waals surface area contributed by atoms with E-state index in [0.717, 1.165) is 19.4 Å². The lowest BCUT2D eigenvalue weighted by atomic mass is 10.0. The first-order valence-corrected chi connectivity index (χ1v) is 5.25. The first-order valence-electron chi connectivity index (χ1n) is 5.25. The Bertz CT molecular complexity index is 194. The fourth-order valence-corrected chi connectivity index (χ4v) is 1.45. The second kappa shape index (κ2) is 7.04. The van der Waals surface area contributed by atoms with Crippen LogP contribution >= 0.6 is 12.4 Å². The summed E-state index contributed by atoms with van der Waals surface area (Å²) >= 11 is 0. The zero-order valence-electron chi connectivity index (χ0n) is 9.36. The van der Waals surface area contributed by atoms with Crippen LogP contribution in [0.4, 0.5) is 0 Å². The average molecular weight is 237 g/mol. The molecule has 0 bridgehead atoms. The van der Waals surface area contributed by atoms with E-state index in [1.807, 2.05) is 13.8 Å². The molecule has 0 aromatic heterocycles. The summed E-state index contributed by atoms with van der Waals surface area (Å²) < 4.78 is 5.27. The third kappa shape index (κ3) is 4.82. The molecule has 0 aromatic carbocycles. The molecular formula is C10H21ClN2O2. The highest BCUT2D eigenvalue weighted by Gasteiger charge is 2.21. The summed E-state index contributed by atoms with van der Waals surface area (Å²) in [6.45, 7) is 5.32. The zero-order valence-corrected chi connectivity index (χ0v) is 10.2. The van der Waals surface area contributed by atoms with Crippen molar-refractivity contribution in [3.63, 3.8) is 0 Å². The molecule has 0 radical (unpaired) electrons. The van der Waals surface area contributed by atoms with Gasteiger partial charge in [-0.1, -0.05) is 13.8 Å². The Hall–Kier alpha value is -0.320. The molecule has 1 unspecified atom stereocenters. The summed E-state index contributed by atoms with van der Waals surface area (Å²) in [5.41, 5.74) is 5.72. The molecule has 1 amide bonds. The lowest BCUT2D eigenvalue weighted by molar-refractivity contribution is -0.124. The molecule has 1 rings (SSSR count). The SMILES string of the molecule is CC(C)[C@H](N)C(=O)NC1CCCOC1.Cl. The second-order valence-corrected chi connectivity index (χ2v) is 4.19. The van der Waals surface area contributed by atoms with E-state index >= 15 is 0 Å². The van der Waals surface area contributed by atoms with Crippen LogP contribution in [0.5, 0.6) is 0 Å². The van der Waals surface area contributed by atoms with E-state index in [2.05, 4.69) is 5.32 Å². The Balaban J connectivity index is 0.00000196. The number of nitrogens with two attached hydrogens (primary N) is 1. The summed E-state index contributed by atoms with van der Waals surface area (Å²) in [6.07, 6.45) is 2.01. The third-order valence-electron chi connectivity index (χ3n) is 2.53. The van der Waals surface area contributed by atoms with Crippen molar-refractivity contribution < 1.29 is 9.53 Å². The largest absolute Gasteiger partial charge is 0.379 e. The predicted molar refractivity (Wildman–Crippen MR) is 62.0 cm³/mol. The fraction of sp³-hybridized carbons (Fsp3) is 0.900. The van der Waals surface area contributed by atoms with Crippen LogP contribution in [0, 0.1) is 5.92 Å². The Kier molecular flexibility index (Phi) is 6.89. The molecule has 90 valence electrons. The van der Waals surface area contributed by atoms with Crippen LogP contribution in [0.15, 0.2) is 0 Å². The molecule has 0 spiro atoms. The van der Waals surface area contributed by atoms with Crippen molar-refractivity contribution in [2.45, 2.75) is 38.8 Å². The smallest absolute Gasteiger partial charge is 0.237 e. The average Bonchev–Trinajstić information content (AvgIpc) is 2.18. The van der Waals surface area contributed by atoms with Crippen molar-refractivity contribution >= 4 is 18.3 Å². The van der Waals surface area contributed by atoms with Crippen LogP contribution in [0.3, 0.4) is 0 Å². The van der Waals surface area contributed by atoms with Gasteiger partial charge >= 0.3 is 0 Å². The minimum atomic E-state index is -0.406. The van der Waals surface area contributed by atoms with E-state index in [-0.39, 0.29) is 30.3 Å². The lowest BCUT2D eigenvalue weighted by Crippen LogP contribution is -2.50. The Labute approximate surface area is 97.3 Å². The highest BCUT2D eigenvalue weighted by molar-refractivity contribution is 5.85. The zero-order chi connectivity index (χ0) is 10.6. The monoisotopic (exact) mass is 236 g/mol. The molecule has 15 heavy (non-hydrogen) atoms. The Morgan fingerprint density at radius 3 is 2.67 bits per heavy atom. The number of hydrogen-bond donors (Lipinski definition) is 2. The van der Waals surface area contributed by atoms with Gasteiger partial charge in [-0.3, -0.25) is 4.79 Å².